The van der Waals surface area contributed by atoms with Gasteiger partial charge in [0.25, 0.3) is 0 Å². The van der Waals surface area contributed by atoms with Crippen LogP contribution in [0.3, 0.4) is 0 Å². The van der Waals surface area contributed by atoms with E-state index >= 15 is 0 Å². The molecule has 0 heterocycles. The van der Waals surface area contributed by atoms with Gasteiger partial charge in [0, 0.05) is 5.57 Å². The molecule has 1 aliphatic rings. The number of carboxylic acid groups (broad SMARTS) is 1. The van der Waals surface area contributed by atoms with Gasteiger partial charge < -0.3 is 5.11 Å². The third-order valence-corrected chi connectivity index (χ3v) is 4.67. The lowest BCUT2D eigenvalue weighted by Gasteiger charge is -2.29. The Bertz CT molecular complexity index is 607. The van der Waals surface area contributed by atoms with Gasteiger partial charge in [-0.25, -0.2) is 13.6 Å². The normalized spacial score (nSPS) is 22.6. The van der Waals surface area contributed by atoms with Crippen LogP contribution >= 0.6 is 0 Å². The molecule has 0 aliphatic heterocycles. The van der Waals surface area contributed by atoms with Crippen LogP contribution < -0.4 is 0 Å². The molecule has 1 aliphatic carbocycles. The Morgan fingerprint density at radius 3 is 2.57 bits per heavy atom. The summed E-state index contributed by atoms with van der Waals surface area (Å²) in [6.45, 7) is 4.10. The summed E-state index contributed by atoms with van der Waals surface area (Å²) in [6.07, 6.45) is 5.14. The van der Waals surface area contributed by atoms with Gasteiger partial charge in [0.15, 0.2) is 11.6 Å². The average molecular weight is 322 g/mol. The van der Waals surface area contributed by atoms with E-state index in [0.29, 0.717) is 29.0 Å². The van der Waals surface area contributed by atoms with Crippen LogP contribution in [0, 0.1) is 23.5 Å². The Morgan fingerprint density at radius 2 is 2.00 bits per heavy atom. The van der Waals surface area contributed by atoms with Crippen molar-refractivity contribution in [1.82, 2.24) is 0 Å². The van der Waals surface area contributed by atoms with Crippen LogP contribution in [0.4, 0.5) is 8.78 Å². The second-order valence-electron chi connectivity index (χ2n) is 6.54. The third-order valence-electron chi connectivity index (χ3n) is 4.67. The number of allylic oxidation sites excluding steroid dienone is 1. The van der Waals surface area contributed by atoms with Gasteiger partial charge >= 0.3 is 5.97 Å². The van der Waals surface area contributed by atoms with Crippen molar-refractivity contribution in [2.75, 3.05) is 0 Å². The monoisotopic (exact) mass is 322 g/mol. The van der Waals surface area contributed by atoms with Gasteiger partial charge in [-0.3, -0.25) is 0 Å². The fraction of sp³-hybridized carbons (Fsp3) is 0.526. The number of carboxylic acids is 1. The molecule has 2 unspecified atom stereocenters. The van der Waals surface area contributed by atoms with Gasteiger partial charge in [0.2, 0.25) is 0 Å². The first kappa shape index (κ1) is 17.6. The maximum absolute atomic E-state index is 13.6. The highest BCUT2D eigenvalue weighted by atomic mass is 19.2. The van der Waals surface area contributed by atoms with Crippen molar-refractivity contribution < 1.29 is 18.7 Å². The predicted molar refractivity (Wildman–Crippen MR) is 86.9 cm³/mol. The largest absolute Gasteiger partial charge is 0.478 e. The van der Waals surface area contributed by atoms with Crippen molar-refractivity contribution in [3.8, 4) is 0 Å². The Hall–Kier alpha value is -1.71. The molecule has 0 saturated heterocycles. The second-order valence-corrected chi connectivity index (χ2v) is 6.54. The molecule has 0 amide bonds. The highest BCUT2D eigenvalue weighted by Crippen LogP contribution is 2.38. The third kappa shape index (κ3) is 4.18. The van der Waals surface area contributed by atoms with E-state index in [9.17, 15) is 18.7 Å². The molecule has 0 spiro atoms. The van der Waals surface area contributed by atoms with E-state index in [1.165, 1.54) is 6.07 Å². The van der Waals surface area contributed by atoms with Gasteiger partial charge in [-0.15, -0.1) is 0 Å². The molecule has 0 bridgehead atoms. The minimum absolute atomic E-state index is 0.00841. The van der Waals surface area contributed by atoms with Gasteiger partial charge in [0.05, 0.1) is 0 Å². The minimum Gasteiger partial charge on any atom is -0.478 e. The van der Waals surface area contributed by atoms with Crippen LogP contribution in [-0.2, 0) is 4.79 Å². The van der Waals surface area contributed by atoms with Crippen LogP contribution in [0.5, 0.6) is 0 Å². The van der Waals surface area contributed by atoms with Crippen LogP contribution in [0.25, 0.3) is 5.57 Å². The average Bonchev–Trinajstić information content (AvgIpc) is 2.49. The summed E-state index contributed by atoms with van der Waals surface area (Å²) in [7, 11) is 0. The first-order valence-electron chi connectivity index (χ1n) is 8.35. The fourth-order valence-corrected chi connectivity index (χ4v) is 3.61. The van der Waals surface area contributed by atoms with E-state index in [2.05, 4.69) is 6.92 Å². The van der Waals surface area contributed by atoms with Crippen LogP contribution in [-0.4, -0.2) is 11.1 Å². The molecule has 1 saturated carbocycles. The Balaban J connectivity index is 2.52. The first-order chi connectivity index (χ1) is 10.9. The molecular weight excluding hydrogens is 298 g/mol. The van der Waals surface area contributed by atoms with E-state index in [1.54, 1.807) is 0 Å². The molecule has 0 radical (unpaired) electrons. The quantitative estimate of drug-likeness (QED) is 0.734. The zero-order valence-corrected chi connectivity index (χ0v) is 13.7. The molecule has 1 aromatic rings. The van der Waals surface area contributed by atoms with Crippen molar-refractivity contribution >= 4 is 11.5 Å². The minimum atomic E-state index is -0.933. The van der Waals surface area contributed by atoms with E-state index in [1.807, 2.05) is 6.92 Å². The number of hydrogen-bond donors (Lipinski definition) is 1. The molecule has 2 rings (SSSR count). The number of carbonyl (C=O) groups is 1. The van der Waals surface area contributed by atoms with Gasteiger partial charge in [-0.1, -0.05) is 39.2 Å². The van der Waals surface area contributed by atoms with Crippen LogP contribution in [0.2, 0.25) is 0 Å². The summed E-state index contributed by atoms with van der Waals surface area (Å²) in [6, 6.07) is 3.68. The van der Waals surface area contributed by atoms with E-state index in [4.69, 9.17) is 0 Å². The highest BCUT2D eigenvalue weighted by molar-refractivity contribution is 5.97. The summed E-state index contributed by atoms with van der Waals surface area (Å²) in [5.74, 6) is -2.29. The van der Waals surface area contributed by atoms with Crippen molar-refractivity contribution in [3.05, 3.63) is 41.0 Å². The molecule has 2 nitrogen and oxygen atoms in total. The van der Waals surface area contributed by atoms with Crippen LogP contribution in [0.15, 0.2) is 23.8 Å². The molecule has 126 valence electrons. The second kappa shape index (κ2) is 7.71. The van der Waals surface area contributed by atoms with E-state index in [-0.39, 0.29) is 5.92 Å². The number of benzene rings is 1. The zero-order chi connectivity index (χ0) is 17.0. The molecule has 23 heavy (non-hydrogen) atoms. The van der Waals surface area contributed by atoms with Gasteiger partial charge in [-0.05, 0) is 54.4 Å². The number of rotatable bonds is 5. The van der Waals surface area contributed by atoms with E-state index < -0.39 is 17.6 Å². The van der Waals surface area contributed by atoms with Crippen molar-refractivity contribution in [2.24, 2.45) is 11.8 Å². The predicted octanol–water partition coefficient (Wildman–Crippen LogP) is 5.43. The topological polar surface area (TPSA) is 37.3 Å². The summed E-state index contributed by atoms with van der Waals surface area (Å²) in [5, 5.41) is 9.77. The molecule has 1 fully saturated rings. The standard InChI is InChI=1S/C19H24F2O2/c1-3-5-15(13-8-9-16(20)17(21)11-13)18(19(22)23)14-7-4-6-12(2)10-14/h8-9,11-12,14H,3-7,10H2,1-2H3,(H,22,23). The lowest BCUT2D eigenvalue weighted by molar-refractivity contribution is -0.133. The maximum atomic E-state index is 13.6. The van der Waals surface area contributed by atoms with Gasteiger partial charge in [0.1, 0.15) is 0 Å². The smallest absolute Gasteiger partial charge is 0.332 e. The Kier molecular flexibility index (Phi) is 5.91. The van der Waals surface area contributed by atoms with Crippen molar-refractivity contribution in [3.63, 3.8) is 0 Å². The van der Waals surface area contributed by atoms with Crippen LogP contribution in [0.1, 0.15) is 57.9 Å². The van der Waals surface area contributed by atoms with E-state index in [0.717, 1.165) is 44.2 Å². The summed E-state index contributed by atoms with van der Waals surface area (Å²) >= 11 is 0. The zero-order valence-electron chi connectivity index (χ0n) is 13.7. The fourth-order valence-electron chi connectivity index (χ4n) is 3.61. The number of hydrogen-bond acceptors (Lipinski definition) is 1. The molecule has 2 atom stereocenters. The first-order valence-corrected chi connectivity index (χ1v) is 8.35. The number of aliphatic carboxylic acids is 1. The summed E-state index contributed by atoms with van der Waals surface area (Å²) < 4.78 is 26.8. The molecule has 4 heteroatoms. The summed E-state index contributed by atoms with van der Waals surface area (Å²) in [4.78, 5) is 11.9. The molecule has 1 N–H and O–H groups in total. The van der Waals surface area contributed by atoms with Crippen molar-refractivity contribution in [1.29, 1.82) is 0 Å². The highest BCUT2D eigenvalue weighted by Gasteiger charge is 2.29. The number of halogens is 2. The lowest BCUT2D eigenvalue weighted by Crippen LogP contribution is -2.21. The SMILES string of the molecule is CCCC(=C(C(=O)O)C1CCCC(C)C1)c1ccc(F)c(F)c1. The molecular formula is C19H24F2O2. The molecule has 1 aromatic carbocycles. The molecule has 0 aromatic heterocycles. The lowest BCUT2D eigenvalue weighted by atomic mass is 9.76. The Morgan fingerprint density at radius 1 is 1.26 bits per heavy atom. The van der Waals surface area contributed by atoms with Crippen molar-refractivity contribution in [2.45, 2.75) is 52.4 Å². The van der Waals surface area contributed by atoms with Gasteiger partial charge in [-0.2, -0.15) is 0 Å². The summed E-state index contributed by atoms with van der Waals surface area (Å²) in [5.41, 5.74) is 1.53. The maximum Gasteiger partial charge on any atom is 0.332 e. The Labute approximate surface area is 136 Å².